The highest BCUT2D eigenvalue weighted by molar-refractivity contribution is 7.10. The van der Waals surface area contributed by atoms with Crippen LogP contribution >= 0.6 is 11.3 Å². The molecule has 21 heavy (non-hydrogen) atoms. The number of nitrogens with one attached hydrogen (secondary N) is 1. The molecule has 2 rings (SSSR count). The maximum Gasteiger partial charge on any atom is 0.251 e. The quantitative estimate of drug-likeness (QED) is 0.892. The Hall–Kier alpha value is -1.85. The summed E-state index contributed by atoms with van der Waals surface area (Å²) in [5.74, 6) is 0.678. The Labute approximate surface area is 129 Å². The Morgan fingerprint density at radius 2 is 2.00 bits per heavy atom. The monoisotopic (exact) mass is 304 g/mol. The van der Waals surface area contributed by atoms with Crippen LogP contribution in [0.5, 0.6) is 5.75 Å². The highest BCUT2D eigenvalue weighted by atomic mass is 32.1. The summed E-state index contributed by atoms with van der Waals surface area (Å²) < 4.78 is 5.09. The van der Waals surface area contributed by atoms with Crippen LogP contribution in [0, 0.1) is 0 Å². The van der Waals surface area contributed by atoms with Crippen molar-refractivity contribution in [3.63, 3.8) is 0 Å². The number of hydrogen-bond acceptors (Lipinski definition) is 4. The molecule has 1 N–H and O–H groups in total. The van der Waals surface area contributed by atoms with Crippen LogP contribution in [0.1, 0.15) is 21.3 Å². The summed E-state index contributed by atoms with van der Waals surface area (Å²) in [6.07, 6.45) is 0. The highest BCUT2D eigenvalue weighted by Crippen LogP contribution is 2.22. The molecule has 0 spiro atoms. The molecule has 0 saturated heterocycles. The van der Waals surface area contributed by atoms with Gasteiger partial charge in [0, 0.05) is 17.0 Å². The summed E-state index contributed by atoms with van der Waals surface area (Å²) in [5, 5.41) is 5.04. The lowest BCUT2D eigenvalue weighted by atomic mass is 10.2. The molecule has 0 bridgehead atoms. The van der Waals surface area contributed by atoms with Crippen LogP contribution in [-0.2, 0) is 0 Å². The van der Waals surface area contributed by atoms with Crippen molar-refractivity contribution in [2.45, 2.75) is 6.04 Å². The van der Waals surface area contributed by atoms with Crippen molar-refractivity contribution in [1.82, 2.24) is 10.2 Å². The average molecular weight is 304 g/mol. The summed E-state index contributed by atoms with van der Waals surface area (Å²) in [5.41, 5.74) is 0.638. The summed E-state index contributed by atoms with van der Waals surface area (Å²) in [6, 6.07) is 11.4. The molecular weight excluding hydrogens is 284 g/mol. The Kier molecular flexibility index (Phi) is 5.36. The molecule has 1 atom stereocenters. The van der Waals surface area contributed by atoms with Gasteiger partial charge in [-0.05, 0) is 49.8 Å². The van der Waals surface area contributed by atoms with Crippen LogP contribution in [0.25, 0.3) is 0 Å². The fraction of sp³-hybridized carbons (Fsp3) is 0.312. The number of hydrogen-bond donors (Lipinski definition) is 1. The predicted octanol–water partition coefficient (Wildman–Crippen LogP) is 2.79. The maximum atomic E-state index is 12.2. The number of benzene rings is 1. The van der Waals surface area contributed by atoms with Crippen LogP contribution in [-0.4, -0.2) is 38.6 Å². The van der Waals surface area contributed by atoms with Gasteiger partial charge in [-0.15, -0.1) is 11.3 Å². The minimum absolute atomic E-state index is 0.0685. The smallest absolute Gasteiger partial charge is 0.251 e. The summed E-state index contributed by atoms with van der Waals surface area (Å²) in [4.78, 5) is 15.5. The standard InChI is InChI=1S/C16H20N2O2S/c1-18(2)14(15-5-4-10-21-15)11-17-16(19)12-6-8-13(20-3)9-7-12/h4-10,14H,11H2,1-3H3,(H,17,19)/t14-/m1/s1. The first-order chi connectivity index (χ1) is 10.1. The first-order valence-electron chi connectivity index (χ1n) is 6.74. The predicted molar refractivity (Wildman–Crippen MR) is 86.1 cm³/mol. The van der Waals surface area contributed by atoms with Gasteiger partial charge in [0.05, 0.1) is 13.2 Å². The Morgan fingerprint density at radius 3 is 2.52 bits per heavy atom. The fourth-order valence-corrected chi connectivity index (χ4v) is 2.97. The molecule has 1 amide bonds. The van der Waals surface area contributed by atoms with Gasteiger partial charge in [0.25, 0.3) is 5.91 Å². The van der Waals surface area contributed by atoms with Crippen molar-refractivity contribution in [1.29, 1.82) is 0 Å². The number of nitrogens with zero attached hydrogens (tertiary/aromatic N) is 1. The van der Waals surface area contributed by atoms with E-state index < -0.39 is 0 Å². The first-order valence-corrected chi connectivity index (χ1v) is 7.62. The molecule has 2 aromatic rings. The maximum absolute atomic E-state index is 12.2. The van der Waals surface area contributed by atoms with Crippen molar-refractivity contribution in [2.24, 2.45) is 0 Å². The molecule has 0 fully saturated rings. The lowest BCUT2D eigenvalue weighted by molar-refractivity contribution is 0.0942. The van der Waals surface area contributed by atoms with Crippen molar-refractivity contribution >= 4 is 17.2 Å². The summed E-state index contributed by atoms with van der Waals surface area (Å²) in [6.45, 7) is 0.582. The van der Waals surface area contributed by atoms with Gasteiger partial charge in [-0.3, -0.25) is 4.79 Å². The van der Waals surface area contributed by atoms with E-state index in [2.05, 4.69) is 21.7 Å². The molecule has 0 aliphatic heterocycles. The zero-order valence-corrected chi connectivity index (χ0v) is 13.3. The second-order valence-corrected chi connectivity index (χ2v) is 5.91. The molecule has 0 saturated carbocycles. The highest BCUT2D eigenvalue weighted by Gasteiger charge is 2.16. The Morgan fingerprint density at radius 1 is 1.29 bits per heavy atom. The van der Waals surface area contributed by atoms with E-state index >= 15 is 0 Å². The third kappa shape index (κ3) is 4.06. The number of methoxy groups -OCH3 is 1. The third-order valence-corrected chi connectivity index (χ3v) is 4.28. The van der Waals surface area contributed by atoms with Gasteiger partial charge < -0.3 is 15.0 Å². The van der Waals surface area contributed by atoms with Crippen LogP contribution in [0.15, 0.2) is 41.8 Å². The average Bonchev–Trinajstić information content (AvgIpc) is 3.01. The topological polar surface area (TPSA) is 41.6 Å². The van der Waals surface area contributed by atoms with Gasteiger partial charge in [-0.25, -0.2) is 0 Å². The first kappa shape index (κ1) is 15.5. The van der Waals surface area contributed by atoms with Gasteiger partial charge in [0.2, 0.25) is 0 Å². The van der Waals surface area contributed by atoms with Crippen LogP contribution in [0.3, 0.4) is 0 Å². The molecule has 0 unspecified atom stereocenters. The van der Waals surface area contributed by atoms with Crippen LogP contribution in [0.4, 0.5) is 0 Å². The molecule has 112 valence electrons. The van der Waals surface area contributed by atoms with Crippen molar-refractivity contribution in [2.75, 3.05) is 27.7 Å². The molecule has 1 aromatic carbocycles. The molecule has 0 radical (unpaired) electrons. The van der Waals surface area contributed by atoms with Gasteiger partial charge in [-0.1, -0.05) is 6.07 Å². The normalized spacial score (nSPS) is 12.2. The SMILES string of the molecule is COc1ccc(C(=O)NC[C@H](c2cccs2)N(C)C)cc1. The Balaban J connectivity index is 1.98. The van der Waals surface area contributed by atoms with Crippen LogP contribution < -0.4 is 10.1 Å². The third-order valence-electron chi connectivity index (χ3n) is 3.30. The minimum Gasteiger partial charge on any atom is -0.497 e. The van der Waals surface area contributed by atoms with Gasteiger partial charge >= 0.3 is 0 Å². The van der Waals surface area contributed by atoms with E-state index in [1.54, 1.807) is 42.7 Å². The van der Waals surface area contributed by atoms with Crippen molar-refractivity contribution < 1.29 is 9.53 Å². The van der Waals surface area contributed by atoms with E-state index in [-0.39, 0.29) is 11.9 Å². The lowest BCUT2D eigenvalue weighted by Gasteiger charge is -2.23. The molecule has 0 aliphatic rings. The number of rotatable bonds is 6. The van der Waals surface area contributed by atoms with Crippen LogP contribution in [0.2, 0.25) is 0 Å². The number of ether oxygens (including phenoxy) is 1. The number of thiophene rings is 1. The summed E-state index contributed by atoms with van der Waals surface area (Å²) >= 11 is 1.70. The molecule has 1 heterocycles. The number of carbonyl (C=O) groups excluding carboxylic acids is 1. The molecule has 5 heteroatoms. The zero-order chi connectivity index (χ0) is 15.2. The number of carbonyl (C=O) groups is 1. The van der Waals surface area contributed by atoms with Gasteiger partial charge in [0.15, 0.2) is 0 Å². The largest absolute Gasteiger partial charge is 0.497 e. The molecule has 1 aromatic heterocycles. The summed E-state index contributed by atoms with van der Waals surface area (Å²) in [7, 11) is 5.64. The van der Waals surface area contributed by atoms with E-state index in [1.165, 1.54) is 4.88 Å². The van der Waals surface area contributed by atoms with Crippen molar-refractivity contribution in [3.8, 4) is 5.75 Å². The van der Waals surface area contributed by atoms with Gasteiger partial charge in [0.1, 0.15) is 5.75 Å². The number of likely N-dealkylation sites (N-methyl/N-ethyl adjacent to an activating group) is 1. The van der Waals surface area contributed by atoms with E-state index in [4.69, 9.17) is 4.74 Å². The Bertz CT molecular complexity index is 564. The zero-order valence-electron chi connectivity index (χ0n) is 12.5. The lowest BCUT2D eigenvalue weighted by Crippen LogP contribution is -2.34. The minimum atomic E-state index is -0.0685. The molecule has 4 nitrogen and oxygen atoms in total. The van der Waals surface area contributed by atoms with Crippen molar-refractivity contribution in [3.05, 3.63) is 52.2 Å². The fourth-order valence-electron chi connectivity index (χ4n) is 2.05. The van der Waals surface area contributed by atoms with Gasteiger partial charge in [-0.2, -0.15) is 0 Å². The molecule has 0 aliphatic carbocycles. The van der Waals surface area contributed by atoms with E-state index in [9.17, 15) is 4.79 Å². The van der Waals surface area contributed by atoms with E-state index in [0.29, 0.717) is 12.1 Å². The second kappa shape index (κ2) is 7.24. The molecular formula is C16H20N2O2S. The number of amides is 1. The second-order valence-electron chi connectivity index (χ2n) is 4.93. The van der Waals surface area contributed by atoms with E-state index in [0.717, 1.165) is 5.75 Å². The van der Waals surface area contributed by atoms with E-state index in [1.807, 2.05) is 20.2 Å².